The Kier molecular flexibility index (Phi) is 4.11. The topological polar surface area (TPSA) is 115 Å². The van der Waals surface area contributed by atoms with E-state index in [2.05, 4.69) is 24.8 Å². The highest BCUT2D eigenvalue weighted by Crippen LogP contribution is 2.29. The van der Waals surface area contributed by atoms with Gasteiger partial charge in [-0.2, -0.15) is 0 Å². The molecule has 0 saturated carbocycles. The molecule has 2 N–H and O–H groups in total. The third-order valence-electron chi connectivity index (χ3n) is 5.37. The molecular weight excluding hydrogens is 356 g/mol. The van der Waals surface area contributed by atoms with Crippen molar-refractivity contribution >= 4 is 15.7 Å². The SMILES string of the molecule is Cc1[nH]cnc1CN1CCN(C(=O)c2nc[nH]c2C)[C@@H]2CS(=O)(=O)C[C@@H]21. The van der Waals surface area contributed by atoms with Crippen LogP contribution in [0.5, 0.6) is 0 Å². The summed E-state index contributed by atoms with van der Waals surface area (Å²) in [6, 6.07) is -0.565. The molecule has 2 aliphatic rings. The van der Waals surface area contributed by atoms with Gasteiger partial charge in [0.25, 0.3) is 5.91 Å². The van der Waals surface area contributed by atoms with E-state index in [4.69, 9.17) is 0 Å². The van der Waals surface area contributed by atoms with Crippen molar-refractivity contribution in [1.82, 2.24) is 29.7 Å². The number of sulfone groups is 1. The molecule has 9 nitrogen and oxygen atoms in total. The summed E-state index contributed by atoms with van der Waals surface area (Å²) in [7, 11) is -3.19. The summed E-state index contributed by atoms with van der Waals surface area (Å²) in [4.78, 5) is 31.1. The fraction of sp³-hybridized carbons (Fsp3) is 0.562. The molecule has 2 aliphatic heterocycles. The van der Waals surface area contributed by atoms with Crippen molar-refractivity contribution in [2.75, 3.05) is 24.6 Å². The van der Waals surface area contributed by atoms with Gasteiger partial charge in [0.05, 0.1) is 35.9 Å². The van der Waals surface area contributed by atoms with Crippen LogP contribution in [0, 0.1) is 13.8 Å². The van der Waals surface area contributed by atoms with Gasteiger partial charge >= 0.3 is 0 Å². The molecule has 2 atom stereocenters. The van der Waals surface area contributed by atoms with Crippen LogP contribution in [0.15, 0.2) is 12.7 Å². The van der Waals surface area contributed by atoms with E-state index in [1.165, 1.54) is 6.33 Å². The number of aromatic amines is 2. The zero-order valence-corrected chi connectivity index (χ0v) is 15.6. The number of nitrogens with zero attached hydrogens (tertiary/aromatic N) is 4. The highest BCUT2D eigenvalue weighted by Gasteiger charge is 2.48. The van der Waals surface area contributed by atoms with Gasteiger partial charge in [0.1, 0.15) is 5.69 Å². The van der Waals surface area contributed by atoms with Gasteiger partial charge in [-0.3, -0.25) is 9.69 Å². The van der Waals surface area contributed by atoms with Gasteiger partial charge in [-0.05, 0) is 13.8 Å². The molecular formula is C16H22N6O3S. The second kappa shape index (κ2) is 6.20. The Bertz CT molecular complexity index is 933. The van der Waals surface area contributed by atoms with E-state index in [1.807, 2.05) is 6.92 Å². The second-order valence-electron chi connectivity index (χ2n) is 7.03. The number of amides is 1. The van der Waals surface area contributed by atoms with Crippen LogP contribution in [-0.2, 0) is 16.4 Å². The maximum absolute atomic E-state index is 12.9. The number of aromatic nitrogens is 4. The van der Waals surface area contributed by atoms with Gasteiger partial charge in [0, 0.05) is 37.1 Å². The van der Waals surface area contributed by atoms with E-state index in [0.29, 0.717) is 31.0 Å². The molecule has 0 unspecified atom stereocenters. The van der Waals surface area contributed by atoms with E-state index in [0.717, 1.165) is 11.4 Å². The summed E-state index contributed by atoms with van der Waals surface area (Å²) in [5.74, 6) is -0.126. The fourth-order valence-corrected chi connectivity index (χ4v) is 5.93. The Morgan fingerprint density at radius 2 is 1.81 bits per heavy atom. The molecule has 26 heavy (non-hydrogen) atoms. The highest BCUT2D eigenvalue weighted by atomic mass is 32.2. The highest BCUT2D eigenvalue weighted by molar-refractivity contribution is 7.91. The smallest absolute Gasteiger partial charge is 0.274 e. The van der Waals surface area contributed by atoms with Crippen molar-refractivity contribution in [3.63, 3.8) is 0 Å². The largest absolute Gasteiger partial charge is 0.348 e. The lowest BCUT2D eigenvalue weighted by atomic mass is 10.0. The first kappa shape index (κ1) is 17.2. The average Bonchev–Trinajstić information content (AvgIpc) is 3.26. The van der Waals surface area contributed by atoms with Crippen LogP contribution in [0.3, 0.4) is 0 Å². The molecule has 2 aromatic rings. The molecule has 2 fully saturated rings. The Morgan fingerprint density at radius 1 is 1.12 bits per heavy atom. The average molecular weight is 378 g/mol. The van der Waals surface area contributed by atoms with Gasteiger partial charge in [-0.1, -0.05) is 0 Å². The molecule has 4 rings (SSSR count). The number of H-pyrrole nitrogens is 2. The Labute approximate surface area is 151 Å². The molecule has 1 amide bonds. The molecule has 2 saturated heterocycles. The molecule has 2 aromatic heterocycles. The van der Waals surface area contributed by atoms with E-state index >= 15 is 0 Å². The van der Waals surface area contributed by atoms with Gasteiger partial charge in [-0.15, -0.1) is 0 Å². The number of fused-ring (bicyclic) bond motifs is 1. The Morgan fingerprint density at radius 3 is 2.46 bits per heavy atom. The first-order chi connectivity index (χ1) is 12.4. The third kappa shape index (κ3) is 2.92. The second-order valence-corrected chi connectivity index (χ2v) is 9.18. The van der Waals surface area contributed by atoms with Gasteiger partial charge < -0.3 is 14.9 Å². The van der Waals surface area contributed by atoms with Crippen LogP contribution in [-0.4, -0.2) is 80.7 Å². The minimum absolute atomic E-state index is 0.00290. The molecule has 10 heteroatoms. The molecule has 0 bridgehead atoms. The minimum Gasteiger partial charge on any atom is -0.348 e. The molecule has 0 aliphatic carbocycles. The van der Waals surface area contributed by atoms with Crippen molar-refractivity contribution in [3.05, 3.63) is 35.4 Å². The number of hydrogen-bond donors (Lipinski definition) is 2. The minimum atomic E-state index is -3.19. The van der Waals surface area contributed by atoms with Gasteiger partial charge in [0.2, 0.25) is 0 Å². The monoisotopic (exact) mass is 378 g/mol. The number of carbonyl (C=O) groups excluding carboxylic acids is 1. The number of imidazole rings is 2. The molecule has 140 valence electrons. The van der Waals surface area contributed by atoms with E-state index in [-0.39, 0.29) is 29.5 Å². The van der Waals surface area contributed by atoms with Crippen LogP contribution < -0.4 is 0 Å². The maximum Gasteiger partial charge on any atom is 0.274 e. The number of rotatable bonds is 3. The van der Waals surface area contributed by atoms with E-state index < -0.39 is 9.84 Å². The van der Waals surface area contributed by atoms with Crippen LogP contribution in [0.1, 0.15) is 27.6 Å². The number of aryl methyl sites for hydroxylation is 2. The van der Waals surface area contributed by atoms with Crippen molar-refractivity contribution < 1.29 is 13.2 Å². The van der Waals surface area contributed by atoms with E-state index in [1.54, 1.807) is 18.2 Å². The quantitative estimate of drug-likeness (QED) is 0.769. The Hall–Kier alpha value is -2.20. The summed E-state index contributed by atoms with van der Waals surface area (Å²) < 4.78 is 24.7. The number of nitrogens with one attached hydrogen (secondary N) is 2. The van der Waals surface area contributed by atoms with Gasteiger partial charge in [0.15, 0.2) is 9.84 Å². The lowest BCUT2D eigenvalue weighted by Crippen LogP contribution is -2.60. The van der Waals surface area contributed by atoms with Crippen LogP contribution in [0.2, 0.25) is 0 Å². The van der Waals surface area contributed by atoms with E-state index in [9.17, 15) is 13.2 Å². The summed E-state index contributed by atoms with van der Waals surface area (Å²) in [5, 5.41) is 0. The summed E-state index contributed by atoms with van der Waals surface area (Å²) >= 11 is 0. The van der Waals surface area contributed by atoms with Crippen molar-refractivity contribution in [1.29, 1.82) is 0 Å². The third-order valence-corrected chi connectivity index (χ3v) is 7.07. The number of carbonyl (C=O) groups is 1. The zero-order valence-electron chi connectivity index (χ0n) is 14.8. The van der Waals surface area contributed by atoms with Crippen LogP contribution in [0.25, 0.3) is 0 Å². The Balaban J connectivity index is 1.61. The number of hydrogen-bond acceptors (Lipinski definition) is 6. The van der Waals surface area contributed by atoms with Crippen LogP contribution in [0.4, 0.5) is 0 Å². The fourth-order valence-electron chi connectivity index (χ4n) is 3.92. The summed E-state index contributed by atoms with van der Waals surface area (Å²) in [5.41, 5.74) is 2.95. The maximum atomic E-state index is 12.9. The van der Waals surface area contributed by atoms with Gasteiger partial charge in [-0.25, -0.2) is 18.4 Å². The molecule has 0 spiro atoms. The zero-order chi connectivity index (χ0) is 18.5. The first-order valence-corrected chi connectivity index (χ1v) is 10.4. The number of piperazine rings is 1. The molecule has 4 heterocycles. The summed E-state index contributed by atoms with van der Waals surface area (Å²) in [6.45, 7) is 5.41. The predicted octanol–water partition coefficient (Wildman–Crippen LogP) is -0.127. The summed E-state index contributed by atoms with van der Waals surface area (Å²) in [6.07, 6.45) is 3.13. The predicted molar refractivity (Wildman–Crippen MR) is 94.3 cm³/mol. The van der Waals surface area contributed by atoms with Crippen molar-refractivity contribution in [2.24, 2.45) is 0 Å². The lowest BCUT2D eigenvalue weighted by Gasteiger charge is -2.43. The van der Waals surface area contributed by atoms with Crippen LogP contribution >= 0.6 is 0 Å². The lowest BCUT2D eigenvalue weighted by molar-refractivity contribution is 0.0297. The standard InChI is InChI=1S/C16H22N6O3S/c1-10-12(19-8-17-10)5-21-3-4-22(14-7-26(24,25)6-13(14)21)16(23)15-11(2)18-9-20-15/h8-9,13-14H,3-7H2,1-2H3,(H,17,19)(H,18,20)/t13-,14+/m0/s1. The molecule has 0 radical (unpaired) electrons. The normalized spacial score (nSPS) is 25.4. The first-order valence-electron chi connectivity index (χ1n) is 8.60. The van der Waals surface area contributed by atoms with Crippen molar-refractivity contribution in [2.45, 2.75) is 32.5 Å². The van der Waals surface area contributed by atoms with Crippen molar-refractivity contribution in [3.8, 4) is 0 Å². The molecule has 0 aromatic carbocycles.